The van der Waals surface area contributed by atoms with Gasteiger partial charge >= 0.3 is 0 Å². The van der Waals surface area contributed by atoms with Gasteiger partial charge in [0.05, 0.1) is 12.6 Å². The molecule has 0 spiro atoms. The lowest BCUT2D eigenvalue weighted by molar-refractivity contribution is 0.0792. The van der Waals surface area contributed by atoms with E-state index in [1.807, 2.05) is 0 Å². The standard InChI is InChI=1S/C24H36N4OS.HI/c1-4-25-23(27-18-24(2,3)22-6-5-15-30-22)26-16-19-7-9-20(10-8-19)17-28-13-11-21(29)12-14-28;/h5-10,15,21,29H,4,11-14,16-18H2,1-3H3,(H2,25,26,27);1H. The Labute approximate surface area is 208 Å². The van der Waals surface area contributed by atoms with Crippen LogP contribution in [0.15, 0.2) is 46.8 Å². The summed E-state index contributed by atoms with van der Waals surface area (Å²) in [5.74, 6) is 0.859. The lowest BCUT2D eigenvalue weighted by atomic mass is 9.91. The monoisotopic (exact) mass is 556 g/mol. The van der Waals surface area contributed by atoms with Crippen molar-refractivity contribution in [1.29, 1.82) is 0 Å². The Bertz CT molecular complexity index is 784. The Kier molecular flexibility index (Phi) is 10.7. The van der Waals surface area contributed by atoms with E-state index in [0.717, 1.165) is 51.5 Å². The van der Waals surface area contributed by atoms with E-state index in [1.54, 1.807) is 11.3 Å². The number of nitrogens with zero attached hydrogens (tertiary/aromatic N) is 2. The first-order chi connectivity index (χ1) is 14.5. The van der Waals surface area contributed by atoms with Gasteiger partial charge in [0, 0.05) is 43.0 Å². The largest absolute Gasteiger partial charge is 0.393 e. The molecule has 3 rings (SSSR count). The summed E-state index contributed by atoms with van der Waals surface area (Å²) in [6.07, 6.45) is 1.66. The van der Waals surface area contributed by atoms with Crippen LogP contribution in [0, 0.1) is 0 Å². The van der Waals surface area contributed by atoms with E-state index in [9.17, 15) is 5.11 Å². The van der Waals surface area contributed by atoms with Crippen molar-refractivity contribution in [3.8, 4) is 0 Å². The Morgan fingerprint density at radius 2 is 1.81 bits per heavy atom. The van der Waals surface area contributed by atoms with Gasteiger partial charge in [-0.2, -0.15) is 0 Å². The molecule has 31 heavy (non-hydrogen) atoms. The molecule has 0 bridgehead atoms. The fraction of sp³-hybridized carbons (Fsp3) is 0.542. The van der Waals surface area contributed by atoms with Crippen molar-refractivity contribution in [2.24, 2.45) is 4.99 Å². The number of guanidine groups is 1. The van der Waals surface area contributed by atoms with Crippen LogP contribution in [0.5, 0.6) is 0 Å². The van der Waals surface area contributed by atoms with Crippen LogP contribution in [-0.4, -0.2) is 48.2 Å². The highest BCUT2D eigenvalue weighted by molar-refractivity contribution is 14.0. The Balaban J connectivity index is 0.00000341. The van der Waals surface area contributed by atoms with E-state index in [1.165, 1.54) is 16.0 Å². The van der Waals surface area contributed by atoms with Crippen LogP contribution < -0.4 is 10.6 Å². The maximum absolute atomic E-state index is 9.65. The number of aliphatic hydroxyl groups excluding tert-OH is 1. The third-order valence-electron chi connectivity index (χ3n) is 5.64. The molecule has 0 saturated carbocycles. The molecule has 0 radical (unpaired) electrons. The zero-order valence-corrected chi connectivity index (χ0v) is 22.1. The third-order valence-corrected chi connectivity index (χ3v) is 6.87. The van der Waals surface area contributed by atoms with Crippen LogP contribution >= 0.6 is 35.3 Å². The third kappa shape index (κ3) is 8.36. The molecule has 5 nitrogen and oxygen atoms in total. The van der Waals surface area contributed by atoms with Crippen LogP contribution in [0.1, 0.15) is 49.6 Å². The number of nitrogens with one attached hydrogen (secondary N) is 2. The van der Waals surface area contributed by atoms with Crippen molar-refractivity contribution in [2.45, 2.75) is 58.2 Å². The van der Waals surface area contributed by atoms with E-state index in [-0.39, 0.29) is 35.5 Å². The van der Waals surface area contributed by atoms with E-state index < -0.39 is 0 Å². The van der Waals surface area contributed by atoms with Crippen molar-refractivity contribution in [3.05, 3.63) is 57.8 Å². The normalized spacial score (nSPS) is 16.1. The Hall–Kier alpha value is -1.16. The van der Waals surface area contributed by atoms with Gasteiger partial charge in [0.2, 0.25) is 0 Å². The van der Waals surface area contributed by atoms with Gasteiger partial charge in [-0.25, -0.2) is 4.99 Å². The average molecular weight is 557 g/mol. The molecule has 0 aliphatic carbocycles. The number of hydrogen-bond donors (Lipinski definition) is 3. The van der Waals surface area contributed by atoms with E-state index >= 15 is 0 Å². The van der Waals surface area contributed by atoms with Crippen molar-refractivity contribution in [2.75, 3.05) is 26.2 Å². The predicted molar refractivity (Wildman–Crippen MR) is 143 cm³/mol. The van der Waals surface area contributed by atoms with Gasteiger partial charge < -0.3 is 15.7 Å². The van der Waals surface area contributed by atoms with Gasteiger partial charge in [0.15, 0.2) is 5.96 Å². The van der Waals surface area contributed by atoms with Gasteiger partial charge in [-0.05, 0) is 42.3 Å². The summed E-state index contributed by atoms with van der Waals surface area (Å²) in [7, 11) is 0. The molecule has 1 fully saturated rings. The fourth-order valence-corrected chi connectivity index (χ4v) is 4.51. The van der Waals surface area contributed by atoms with E-state index in [0.29, 0.717) is 6.54 Å². The summed E-state index contributed by atoms with van der Waals surface area (Å²) in [6, 6.07) is 13.1. The first-order valence-electron chi connectivity index (χ1n) is 11.0. The van der Waals surface area contributed by atoms with Gasteiger partial charge in [0.25, 0.3) is 0 Å². The summed E-state index contributed by atoms with van der Waals surface area (Å²) in [6.45, 7) is 11.9. The van der Waals surface area contributed by atoms with Gasteiger partial charge in [0.1, 0.15) is 0 Å². The molecular formula is C24H37IN4OS. The number of piperidine rings is 1. The summed E-state index contributed by atoms with van der Waals surface area (Å²) in [5, 5.41) is 18.6. The molecule has 0 unspecified atom stereocenters. The molecule has 7 heteroatoms. The molecule has 172 valence electrons. The molecule has 0 amide bonds. The number of rotatable bonds is 8. The zero-order chi connectivity index (χ0) is 21.4. The van der Waals surface area contributed by atoms with Crippen molar-refractivity contribution >= 4 is 41.3 Å². The fourth-order valence-electron chi connectivity index (χ4n) is 3.65. The Morgan fingerprint density at radius 3 is 2.42 bits per heavy atom. The second kappa shape index (κ2) is 12.8. The van der Waals surface area contributed by atoms with Crippen LogP contribution in [0.2, 0.25) is 0 Å². The van der Waals surface area contributed by atoms with Crippen LogP contribution in [0.4, 0.5) is 0 Å². The topological polar surface area (TPSA) is 59.9 Å². The van der Waals surface area contributed by atoms with E-state index in [4.69, 9.17) is 4.99 Å². The lowest BCUT2D eigenvalue weighted by Gasteiger charge is -2.29. The van der Waals surface area contributed by atoms with Crippen molar-refractivity contribution < 1.29 is 5.11 Å². The molecule has 1 aromatic carbocycles. The predicted octanol–water partition coefficient (Wildman–Crippen LogP) is 4.36. The summed E-state index contributed by atoms with van der Waals surface area (Å²) in [4.78, 5) is 8.58. The number of thiophene rings is 1. The average Bonchev–Trinajstić information content (AvgIpc) is 3.29. The minimum absolute atomic E-state index is 0. The zero-order valence-electron chi connectivity index (χ0n) is 18.9. The van der Waals surface area contributed by atoms with Crippen molar-refractivity contribution in [1.82, 2.24) is 15.5 Å². The molecule has 3 N–H and O–H groups in total. The highest BCUT2D eigenvalue weighted by Gasteiger charge is 2.22. The van der Waals surface area contributed by atoms with Gasteiger partial charge in [-0.15, -0.1) is 35.3 Å². The number of aliphatic hydroxyl groups is 1. The lowest BCUT2D eigenvalue weighted by Crippen LogP contribution is -2.43. The molecule has 1 aromatic heterocycles. The number of hydrogen-bond acceptors (Lipinski definition) is 4. The molecule has 2 heterocycles. The molecule has 1 aliphatic rings. The van der Waals surface area contributed by atoms with Gasteiger partial charge in [-0.1, -0.05) is 44.2 Å². The molecular weight excluding hydrogens is 519 g/mol. The maximum Gasteiger partial charge on any atom is 0.191 e. The van der Waals surface area contributed by atoms with Crippen LogP contribution in [0.25, 0.3) is 0 Å². The molecule has 1 saturated heterocycles. The van der Waals surface area contributed by atoms with Crippen LogP contribution in [-0.2, 0) is 18.5 Å². The smallest absolute Gasteiger partial charge is 0.191 e. The number of likely N-dealkylation sites (tertiary alicyclic amines) is 1. The van der Waals surface area contributed by atoms with E-state index in [2.05, 4.69) is 78.1 Å². The minimum Gasteiger partial charge on any atom is -0.393 e. The van der Waals surface area contributed by atoms with Crippen LogP contribution in [0.3, 0.4) is 0 Å². The first-order valence-corrected chi connectivity index (χ1v) is 11.9. The molecule has 2 aromatic rings. The SMILES string of the molecule is CCNC(=NCc1ccc(CN2CCC(O)CC2)cc1)NCC(C)(C)c1cccs1.I. The summed E-state index contributed by atoms with van der Waals surface area (Å²) >= 11 is 1.80. The van der Waals surface area contributed by atoms with Crippen molar-refractivity contribution in [3.63, 3.8) is 0 Å². The number of aliphatic imine (C=N–C) groups is 1. The van der Waals surface area contributed by atoms with Gasteiger partial charge in [-0.3, -0.25) is 4.90 Å². The highest BCUT2D eigenvalue weighted by atomic mass is 127. The highest BCUT2D eigenvalue weighted by Crippen LogP contribution is 2.26. The number of benzene rings is 1. The second-order valence-electron chi connectivity index (χ2n) is 8.73. The summed E-state index contributed by atoms with van der Waals surface area (Å²) in [5.41, 5.74) is 2.60. The summed E-state index contributed by atoms with van der Waals surface area (Å²) < 4.78 is 0. The molecule has 0 atom stereocenters. The maximum atomic E-state index is 9.65. The Morgan fingerprint density at radius 1 is 1.13 bits per heavy atom. The minimum atomic E-state index is -0.114. The number of halogens is 1. The molecule has 1 aliphatic heterocycles. The quantitative estimate of drug-likeness (QED) is 0.257. The first kappa shape index (κ1) is 26.1. The second-order valence-corrected chi connectivity index (χ2v) is 9.68.